The number of amides is 4. The number of carbonyl (C=O) groups excluding carboxylic acids is 2. The smallest absolute Gasteiger partial charge is 0.321 e. The Labute approximate surface area is 305 Å². The van der Waals surface area contributed by atoms with E-state index in [0.717, 1.165) is 87.5 Å². The van der Waals surface area contributed by atoms with Gasteiger partial charge in [0.05, 0.1) is 0 Å². The van der Waals surface area contributed by atoms with Crippen molar-refractivity contribution in [1.29, 1.82) is 0 Å². The van der Waals surface area contributed by atoms with Crippen LogP contribution < -0.4 is 20.4 Å². The van der Waals surface area contributed by atoms with Crippen molar-refractivity contribution in [2.45, 2.75) is 117 Å². The number of nitrogens with zero attached hydrogens (tertiary/aromatic N) is 4. The fourth-order valence-corrected chi connectivity index (χ4v) is 7.03. The van der Waals surface area contributed by atoms with Crippen molar-refractivity contribution >= 4 is 34.8 Å². The van der Waals surface area contributed by atoms with Crippen molar-refractivity contribution in [1.82, 2.24) is 9.80 Å². The standard InChI is InChI=1S/C42H70N6O2/c1-7-9-11-13-15-17-31-47(41(49)43-37-23-27-39(28-24-37)45(3)4)33-35-19-21-36(22-20-35)34-48(32-18-16-14-12-10-8-2)42(50)44-38-25-29-40(30-26-38)46(5)6/h23-30,35-36H,7-22,31-34H2,1-6H3,(H,43,49)(H,44,50)/t35-,36+. The molecule has 0 bridgehead atoms. The molecule has 1 fully saturated rings. The summed E-state index contributed by atoms with van der Waals surface area (Å²) in [4.78, 5) is 35.5. The number of rotatable bonds is 22. The number of unbranched alkanes of at least 4 members (excludes halogenated alkanes) is 10. The first-order valence-corrected chi connectivity index (χ1v) is 19.9. The number of hydrogen-bond acceptors (Lipinski definition) is 4. The van der Waals surface area contributed by atoms with E-state index in [1.807, 2.05) is 76.7 Å². The molecule has 280 valence electrons. The number of anilines is 4. The Hall–Kier alpha value is -3.42. The third-order valence-electron chi connectivity index (χ3n) is 10.3. The summed E-state index contributed by atoms with van der Waals surface area (Å²) in [6.07, 6.45) is 18.9. The van der Waals surface area contributed by atoms with Gasteiger partial charge in [-0.2, -0.15) is 0 Å². The zero-order valence-electron chi connectivity index (χ0n) is 32.5. The highest BCUT2D eigenvalue weighted by molar-refractivity contribution is 5.90. The van der Waals surface area contributed by atoms with Gasteiger partial charge in [0.25, 0.3) is 0 Å². The molecule has 0 saturated heterocycles. The van der Waals surface area contributed by atoms with Gasteiger partial charge in [0, 0.05) is 77.1 Å². The fraction of sp³-hybridized carbons (Fsp3) is 0.667. The van der Waals surface area contributed by atoms with Gasteiger partial charge in [0.2, 0.25) is 0 Å². The molecule has 1 saturated carbocycles. The Morgan fingerprint density at radius 2 is 0.840 bits per heavy atom. The van der Waals surface area contributed by atoms with Gasteiger partial charge in [0.1, 0.15) is 0 Å². The van der Waals surface area contributed by atoms with Crippen LogP contribution in [0.25, 0.3) is 0 Å². The van der Waals surface area contributed by atoms with E-state index in [4.69, 9.17) is 0 Å². The van der Waals surface area contributed by atoms with Crippen LogP contribution in [0.15, 0.2) is 48.5 Å². The zero-order chi connectivity index (χ0) is 36.1. The van der Waals surface area contributed by atoms with E-state index >= 15 is 0 Å². The van der Waals surface area contributed by atoms with Crippen molar-refractivity contribution in [3.63, 3.8) is 0 Å². The summed E-state index contributed by atoms with van der Waals surface area (Å²) in [7, 11) is 8.10. The molecule has 0 unspecified atom stereocenters. The molecule has 2 aromatic carbocycles. The molecular weight excluding hydrogens is 621 g/mol. The first-order valence-electron chi connectivity index (χ1n) is 19.9. The highest BCUT2D eigenvalue weighted by atomic mass is 16.2. The molecule has 1 aliphatic rings. The topological polar surface area (TPSA) is 71.2 Å². The minimum atomic E-state index is 0.0127. The van der Waals surface area contributed by atoms with Crippen LogP contribution in [0.2, 0.25) is 0 Å². The van der Waals surface area contributed by atoms with Gasteiger partial charge in [0.15, 0.2) is 0 Å². The lowest BCUT2D eigenvalue weighted by atomic mass is 9.81. The quantitative estimate of drug-likeness (QED) is 0.121. The molecule has 2 aromatic rings. The Morgan fingerprint density at radius 1 is 0.520 bits per heavy atom. The minimum absolute atomic E-state index is 0.0127. The lowest BCUT2D eigenvalue weighted by molar-refractivity contribution is 0.159. The number of benzene rings is 2. The highest BCUT2D eigenvalue weighted by Crippen LogP contribution is 2.31. The van der Waals surface area contributed by atoms with Crippen molar-refractivity contribution in [3.8, 4) is 0 Å². The van der Waals surface area contributed by atoms with Gasteiger partial charge in [-0.3, -0.25) is 0 Å². The summed E-state index contributed by atoms with van der Waals surface area (Å²) in [5, 5.41) is 6.37. The maximum Gasteiger partial charge on any atom is 0.321 e. The van der Waals surface area contributed by atoms with E-state index in [0.29, 0.717) is 11.8 Å². The van der Waals surface area contributed by atoms with Crippen LogP contribution in [0, 0.1) is 11.8 Å². The van der Waals surface area contributed by atoms with E-state index in [-0.39, 0.29) is 12.1 Å². The first kappa shape index (κ1) is 41.0. The molecule has 0 spiro atoms. The summed E-state index contributed by atoms with van der Waals surface area (Å²) in [5.41, 5.74) is 3.92. The molecular formula is C42H70N6O2. The average Bonchev–Trinajstić information content (AvgIpc) is 3.11. The molecule has 8 heteroatoms. The van der Waals surface area contributed by atoms with E-state index < -0.39 is 0 Å². The molecule has 2 N–H and O–H groups in total. The summed E-state index contributed by atoms with van der Waals surface area (Å²) in [6, 6.07) is 16.2. The molecule has 50 heavy (non-hydrogen) atoms. The Morgan fingerprint density at radius 3 is 1.16 bits per heavy atom. The maximum absolute atomic E-state index is 13.6. The molecule has 0 aromatic heterocycles. The van der Waals surface area contributed by atoms with Gasteiger partial charge in [-0.1, -0.05) is 78.1 Å². The number of hydrogen-bond donors (Lipinski definition) is 2. The van der Waals surface area contributed by atoms with Crippen molar-refractivity contribution < 1.29 is 9.59 Å². The van der Waals surface area contributed by atoms with Gasteiger partial charge in [-0.25, -0.2) is 9.59 Å². The molecule has 0 heterocycles. The van der Waals surface area contributed by atoms with E-state index in [9.17, 15) is 9.59 Å². The number of nitrogens with one attached hydrogen (secondary N) is 2. The van der Waals surface area contributed by atoms with Gasteiger partial charge < -0.3 is 30.2 Å². The minimum Gasteiger partial charge on any atom is -0.378 e. The van der Waals surface area contributed by atoms with E-state index in [1.165, 1.54) is 64.2 Å². The van der Waals surface area contributed by atoms with Crippen molar-refractivity contribution in [2.24, 2.45) is 11.8 Å². The Bertz CT molecular complexity index is 1110. The van der Waals surface area contributed by atoms with E-state index in [1.54, 1.807) is 0 Å². The van der Waals surface area contributed by atoms with E-state index in [2.05, 4.69) is 44.1 Å². The second kappa shape index (κ2) is 23.1. The fourth-order valence-electron chi connectivity index (χ4n) is 7.03. The zero-order valence-corrected chi connectivity index (χ0v) is 32.5. The summed E-state index contributed by atoms with van der Waals surface area (Å²) in [5.74, 6) is 0.980. The van der Waals surface area contributed by atoms with Crippen LogP contribution in [0.1, 0.15) is 117 Å². The second-order valence-electron chi connectivity index (χ2n) is 15.1. The number of urea groups is 2. The largest absolute Gasteiger partial charge is 0.378 e. The van der Waals surface area contributed by atoms with Crippen LogP contribution in [0.4, 0.5) is 32.3 Å². The average molecular weight is 691 g/mol. The SMILES string of the molecule is CCCCCCCCN(C[C@H]1CC[C@@H](CN(CCCCCCCC)C(=O)Nc2ccc(N(C)C)cc2)CC1)C(=O)Nc1ccc(N(C)C)cc1. The Balaban J connectivity index is 1.57. The molecule has 0 radical (unpaired) electrons. The van der Waals surface area contributed by atoms with Crippen LogP contribution in [0.3, 0.4) is 0 Å². The van der Waals surface area contributed by atoms with Crippen molar-refractivity contribution in [2.75, 3.05) is 74.8 Å². The normalized spacial score (nSPS) is 15.7. The summed E-state index contributed by atoms with van der Waals surface area (Å²) in [6.45, 7) is 7.70. The van der Waals surface area contributed by atoms with Crippen LogP contribution >= 0.6 is 0 Å². The predicted molar refractivity (Wildman–Crippen MR) is 215 cm³/mol. The first-order chi connectivity index (χ1) is 24.2. The lowest BCUT2D eigenvalue weighted by Gasteiger charge is -2.35. The van der Waals surface area contributed by atoms with Crippen LogP contribution in [0.5, 0.6) is 0 Å². The molecule has 8 nitrogen and oxygen atoms in total. The van der Waals surface area contributed by atoms with Crippen LogP contribution in [-0.4, -0.2) is 76.2 Å². The predicted octanol–water partition coefficient (Wildman–Crippen LogP) is 10.7. The molecule has 0 atom stereocenters. The second-order valence-corrected chi connectivity index (χ2v) is 15.1. The highest BCUT2D eigenvalue weighted by Gasteiger charge is 2.27. The van der Waals surface area contributed by atoms with Gasteiger partial charge in [-0.05, 0) is 98.9 Å². The summed E-state index contributed by atoms with van der Waals surface area (Å²) < 4.78 is 0. The van der Waals surface area contributed by atoms with Crippen molar-refractivity contribution in [3.05, 3.63) is 48.5 Å². The number of carbonyl (C=O) groups is 2. The molecule has 0 aliphatic heterocycles. The lowest BCUT2D eigenvalue weighted by Crippen LogP contribution is -2.42. The van der Waals surface area contributed by atoms with Gasteiger partial charge >= 0.3 is 12.1 Å². The third kappa shape index (κ3) is 15.2. The molecule has 4 amide bonds. The summed E-state index contributed by atoms with van der Waals surface area (Å²) >= 11 is 0. The Kier molecular flexibility index (Phi) is 19.0. The molecule has 1 aliphatic carbocycles. The van der Waals surface area contributed by atoms with Gasteiger partial charge in [-0.15, -0.1) is 0 Å². The maximum atomic E-state index is 13.6. The monoisotopic (exact) mass is 691 g/mol. The van der Waals surface area contributed by atoms with Crippen LogP contribution in [-0.2, 0) is 0 Å². The molecule has 3 rings (SSSR count). The third-order valence-corrected chi connectivity index (χ3v) is 10.3.